The highest BCUT2D eigenvalue weighted by Gasteiger charge is 2.27. The smallest absolute Gasteiger partial charge is 0.256 e. The van der Waals surface area contributed by atoms with Crippen LogP contribution in [0.1, 0.15) is 58.7 Å². The van der Waals surface area contributed by atoms with Crippen LogP contribution in [0.2, 0.25) is 0 Å². The van der Waals surface area contributed by atoms with Crippen LogP contribution in [0.5, 0.6) is 0 Å². The fourth-order valence-electron chi connectivity index (χ4n) is 3.32. The van der Waals surface area contributed by atoms with Gasteiger partial charge in [-0.3, -0.25) is 9.78 Å². The molecule has 3 heterocycles. The van der Waals surface area contributed by atoms with Crippen molar-refractivity contribution in [3.05, 3.63) is 46.3 Å². The van der Waals surface area contributed by atoms with Crippen LogP contribution in [0.25, 0.3) is 0 Å². The molecule has 5 heteroatoms. The molecule has 1 amide bonds. The molecule has 122 valence electrons. The summed E-state index contributed by atoms with van der Waals surface area (Å²) in [7, 11) is 2.08. The van der Waals surface area contributed by atoms with Crippen molar-refractivity contribution in [3.8, 4) is 0 Å². The summed E-state index contributed by atoms with van der Waals surface area (Å²) in [6.45, 7) is 9.46. The van der Waals surface area contributed by atoms with E-state index in [1.165, 1.54) is 5.69 Å². The zero-order valence-corrected chi connectivity index (χ0v) is 14.6. The monoisotopic (exact) mass is 312 g/mol. The zero-order chi connectivity index (χ0) is 16.7. The lowest BCUT2D eigenvalue weighted by atomic mass is 10.1. The molecule has 0 saturated heterocycles. The summed E-state index contributed by atoms with van der Waals surface area (Å²) >= 11 is 0. The molecule has 0 aliphatic carbocycles. The molecule has 1 aliphatic heterocycles. The first kappa shape index (κ1) is 15.7. The normalized spacial score (nSPS) is 14.3. The van der Waals surface area contributed by atoms with E-state index < -0.39 is 0 Å². The number of hydrogen-bond donors (Lipinski definition) is 0. The van der Waals surface area contributed by atoms with Crippen LogP contribution in [0, 0.1) is 13.8 Å². The van der Waals surface area contributed by atoms with Gasteiger partial charge in [-0.15, -0.1) is 0 Å². The minimum Gasteiger partial charge on any atom is -0.334 e. The number of aryl methyl sites for hydroxylation is 2. The van der Waals surface area contributed by atoms with E-state index in [2.05, 4.69) is 30.4 Å². The van der Waals surface area contributed by atoms with E-state index in [4.69, 9.17) is 4.98 Å². The fraction of sp³-hybridized carbons (Fsp3) is 0.500. The molecular formula is C18H24N4O. The molecule has 23 heavy (non-hydrogen) atoms. The maximum atomic E-state index is 12.8. The van der Waals surface area contributed by atoms with Crippen molar-refractivity contribution in [1.82, 2.24) is 19.4 Å². The highest BCUT2D eigenvalue weighted by Crippen LogP contribution is 2.24. The lowest BCUT2D eigenvalue weighted by Crippen LogP contribution is -2.36. The molecule has 3 rings (SSSR count). The number of carbonyl (C=O) groups is 1. The van der Waals surface area contributed by atoms with Gasteiger partial charge in [0.05, 0.1) is 23.5 Å². The summed E-state index contributed by atoms with van der Waals surface area (Å²) in [5.74, 6) is 1.54. The fourth-order valence-corrected chi connectivity index (χ4v) is 3.32. The third-order valence-corrected chi connectivity index (χ3v) is 4.55. The van der Waals surface area contributed by atoms with Gasteiger partial charge in [0.1, 0.15) is 5.82 Å². The third kappa shape index (κ3) is 2.76. The average Bonchev–Trinajstić information content (AvgIpc) is 2.83. The Balaban J connectivity index is 1.87. The third-order valence-electron chi connectivity index (χ3n) is 4.55. The zero-order valence-electron chi connectivity index (χ0n) is 14.6. The van der Waals surface area contributed by atoms with Gasteiger partial charge in [0, 0.05) is 37.3 Å². The summed E-state index contributed by atoms with van der Waals surface area (Å²) in [5, 5.41) is 0. The summed E-state index contributed by atoms with van der Waals surface area (Å²) in [4.78, 5) is 23.9. The Kier molecular flexibility index (Phi) is 3.96. The van der Waals surface area contributed by atoms with Gasteiger partial charge in [-0.05, 0) is 26.0 Å². The molecule has 2 aromatic rings. The molecule has 0 fully saturated rings. The first-order valence-electron chi connectivity index (χ1n) is 8.16. The van der Waals surface area contributed by atoms with Crippen molar-refractivity contribution < 1.29 is 4.79 Å². The van der Waals surface area contributed by atoms with Gasteiger partial charge in [0.2, 0.25) is 0 Å². The van der Waals surface area contributed by atoms with Crippen molar-refractivity contribution in [1.29, 1.82) is 0 Å². The number of nitrogens with zero attached hydrogens (tertiary/aromatic N) is 4. The Morgan fingerprint density at radius 1 is 1.22 bits per heavy atom. The van der Waals surface area contributed by atoms with Crippen molar-refractivity contribution in [2.45, 2.75) is 46.6 Å². The molecule has 0 aromatic carbocycles. The second-order valence-corrected chi connectivity index (χ2v) is 6.64. The number of hydrogen-bond acceptors (Lipinski definition) is 3. The molecule has 0 unspecified atom stereocenters. The van der Waals surface area contributed by atoms with Crippen LogP contribution in [0.15, 0.2) is 12.1 Å². The largest absolute Gasteiger partial charge is 0.334 e. The second-order valence-electron chi connectivity index (χ2n) is 6.64. The number of aromatic nitrogens is 3. The Hall–Kier alpha value is -2.17. The number of pyridine rings is 1. The molecule has 2 aromatic heterocycles. The molecule has 5 nitrogen and oxygen atoms in total. The van der Waals surface area contributed by atoms with Gasteiger partial charge in [-0.2, -0.15) is 0 Å². The number of rotatable bonds is 2. The summed E-state index contributed by atoms with van der Waals surface area (Å²) in [6.07, 6.45) is 0.857. The van der Waals surface area contributed by atoms with Gasteiger partial charge in [0.25, 0.3) is 5.91 Å². The van der Waals surface area contributed by atoms with E-state index in [0.717, 1.165) is 35.9 Å². The molecule has 0 bridgehead atoms. The van der Waals surface area contributed by atoms with E-state index in [-0.39, 0.29) is 5.91 Å². The SMILES string of the molecule is Cc1ccc(C(=O)N2CCc3c(nc(C(C)C)n3C)C2)c(C)n1. The molecule has 0 saturated carbocycles. The highest BCUT2D eigenvalue weighted by atomic mass is 16.2. The van der Waals surface area contributed by atoms with E-state index in [0.29, 0.717) is 18.0 Å². The second kappa shape index (κ2) is 5.80. The van der Waals surface area contributed by atoms with Crippen molar-refractivity contribution in [3.63, 3.8) is 0 Å². The number of amides is 1. The van der Waals surface area contributed by atoms with Gasteiger partial charge in [-0.25, -0.2) is 4.98 Å². The maximum absolute atomic E-state index is 12.8. The van der Waals surface area contributed by atoms with Crippen LogP contribution in [-0.2, 0) is 20.0 Å². The van der Waals surface area contributed by atoms with Crippen molar-refractivity contribution >= 4 is 5.91 Å². The minimum absolute atomic E-state index is 0.0531. The molecule has 0 N–H and O–H groups in total. The van der Waals surface area contributed by atoms with Gasteiger partial charge < -0.3 is 9.47 Å². The first-order chi connectivity index (χ1) is 10.9. The molecule has 1 aliphatic rings. The van der Waals surface area contributed by atoms with E-state index >= 15 is 0 Å². The average molecular weight is 312 g/mol. The molecule has 0 radical (unpaired) electrons. The van der Waals surface area contributed by atoms with Gasteiger partial charge in [-0.1, -0.05) is 13.8 Å². The summed E-state index contributed by atoms with van der Waals surface area (Å²) < 4.78 is 2.19. The van der Waals surface area contributed by atoms with Crippen LogP contribution in [0.3, 0.4) is 0 Å². The Bertz CT molecular complexity index is 761. The lowest BCUT2D eigenvalue weighted by molar-refractivity contribution is 0.0730. The molecule has 0 spiro atoms. The number of carbonyl (C=O) groups excluding carboxylic acids is 1. The Morgan fingerprint density at radius 3 is 2.61 bits per heavy atom. The van der Waals surface area contributed by atoms with E-state index in [1.54, 1.807) is 0 Å². The van der Waals surface area contributed by atoms with Gasteiger partial charge >= 0.3 is 0 Å². The topological polar surface area (TPSA) is 51.0 Å². The predicted octanol–water partition coefficient (Wildman–Crippen LogP) is 2.75. The molecular weight excluding hydrogens is 288 g/mol. The summed E-state index contributed by atoms with van der Waals surface area (Å²) in [6, 6.07) is 3.78. The van der Waals surface area contributed by atoms with Crippen LogP contribution in [0.4, 0.5) is 0 Å². The van der Waals surface area contributed by atoms with E-state index in [1.807, 2.05) is 30.9 Å². The summed E-state index contributed by atoms with van der Waals surface area (Å²) in [5.41, 5.74) is 4.72. The van der Waals surface area contributed by atoms with Crippen molar-refractivity contribution in [2.75, 3.05) is 6.54 Å². The lowest BCUT2D eigenvalue weighted by Gasteiger charge is -2.27. The van der Waals surface area contributed by atoms with Crippen LogP contribution in [-0.4, -0.2) is 31.9 Å². The standard InChI is InChI=1S/C18H24N4O/c1-11(2)17-20-15-10-22(9-8-16(15)21(17)5)18(23)14-7-6-12(3)19-13(14)4/h6-7,11H,8-10H2,1-5H3. The van der Waals surface area contributed by atoms with Crippen molar-refractivity contribution in [2.24, 2.45) is 7.05 Å². The Labute approximate surface area is 137 Å². The van der Waals surface area contributed by atoms with Crippen LogP contribution < -0.4 is 0 Å². The quantitative estimate of drug-likeness (QED) is 0.857. The number of imidazole rings is 1. The predicted molar refractivity (Wildman–Crippen MR) is 89.5 cm³/mol. The highest BCUT2D eigenvalue weighted by molar-refractivity contribution is 5.95. The number of fused-ring (bicyclic) bond motifs is 1. The van der Waals surface area contributed by atoms with Crippen LogP contribution >= 0.6 is 0 Å². The first-order valence-corrected chi connectivity index (χ1v) is 8.16. The van der Waals surface area contributed by atoms with E-state index in [9.17, 15) is 4.79 Å². The maximum Gasteiger partial charge on any atom is 0.256 e. The minimum atomic E-state index is 0.0531. The molecule has 0 atom stereocenters. The van der Waals surface area contributed by atoms with Gasteiger partial charge in [0.15, 0.2) is 0 Å². The Morgan fingerprint density at radius 2 is 1.96 bits per heavy atom.